The van der Waals surface area contributed by atoms with Gasteiger partial charge in [0.15, 0.2) is 0 Å². The molecule has 3 aromatic rings. The van der Waals surface area contributed by atoms with Crippen molar-refractivity contribution in [3.8, 4) is 5.75 Å². The number of Topliss-reactive ketones (excluding diaryl/α,β-unsaturated/α-hetero) is 1. The monoisotopic (exact) mass is 481 g/mol. The molecule has 6 nitrogen and oxygen atoms in total. The van der Waals surface area contributed by atoms with Gasteiger partial charge in [-0.05, 0) is 50.2 Å². The lowest BCUT2D eigenvalue weighted by Crippen LogP contribution is -2.29. The summed E-state index contributed by atoms with van der Waals surface area (Å²) in [7, 11) is 0. The summed E-state index contributed by atoms with van der Waals surface area (Å²) in [4.78, 5) is 27.5. The van der Waals surface area contributed by atoms with E-state index in [0.717, 1.165) is 4.47 Å². The Morgan fingerprint density at radius 3 is 2.52 bits per heavy atom. The van der Waals surface area contributed by atoms with Gasteiger partial charge >= 0.3 is 0 Å². The second kappa shape index (κ2) is 8.43. The van der Waals surface area contributed by atoms with Gasteiger partial charge in [-0.25, -0.2) is 0 Å². The fraction of sp³-hybridized carbons (Fsp3) is 0.167. The van der Waals surface area contributed by atoms with E-state index >= 15 is 0 Å². The second-order valence-corrected chi connectivity index (χ2v) is 7.97. The van der Waals surface area contributed by atoms with Crippen LogP contribution in [-0.4, -0.2) is 23.4 Å². The number of hydrogen-bond acceptors (Lipinski definition) is 5. The van der Waals surface area contributed by atoms with Gasteiger partial charge in [0.25, 0.3) is 11.7 Å². The highest BCUT2D eigenvalue weighted by Crippen LogP contribution is 2.43. The van der Waals surface area contributed by atoms with Gasteiger partial charge in [-0.3, -0.25) is 14.5 Å². The van der Waals surface area contributed by atoms with Crippen LogP contribution < -0.4 is 9.64 Å². The average Bonchev–Trinajstić information content (AvgIpc) is 3.29. The molecule has 1 aliphatic heterocycles. The molecule has 0 bridgehead atoms. The summed E-state index contributed by atoms with van der Waals surface area (Å²) in [5.41, 5.74) is 0.878. The highest BCUT2D eigenvalue weighted by Gasteiger charge is 2.48. The van der Waals surface area contributed by atoms with Crippen LogP contribution in [0.5, 0.6) is 5.75 Å². The van der Waals surface area contributed by atoms with Crippen LogP contribution in [0, 0.1) is 6.92 Å². The van der Waals surface area contributed by atoms with Crippen molar-refractivity contribution in [3.05, 3.63) is 87.8 Å². The number of halogens is 1. The Hall–Kier alpha value is -3.32. The Bertz CT molecular complexity index is 1180. The molecule has 1 amide bonds. The van der Waals surface area contributed by atoms with Crippen LogP contribution in [0.25, 0.3) is 5.76 Å². The number of carbonyl (C=O) groups excluding carboxylic acids is 2. The molecule has 1 aromatic heterocycles. The van der Waals surface area contributed by atoms with E-state index in [-0.39, 0.29) is 11.3 Å². The zero-order valence-corrected chi connectivity index (χ0v) is 18.5. The molecule has 1 unspecified atom stereocenters. The number of nitrogens with zero attached hydrogens (tertiary/aromatic N) is 1. The van der Waals surface area contributed by atoms with Crippen LogP contribution in [0.2, 0.25) is 0 Å². The molecular formula is C24H20BrNO5. The molecule has 1 fully saturated rings. The number of amides is 1. The lowest BCUT2D eigenvalue weighted by molar-refractivity contribution is -0.132. The van der Waals surface area contributed by atoms with Crippen LogP contribution in [0.1, 0.15) is 30.0 Å². The van der Waals surface area contributed by atoms with Gasteiger partial charge < -0.3 is 14.3 Å². The van der Waals surface area contributed by atoms with Crippen molar-refractivity contribution in [2.45, 2.75) is 19.9 Å². The van der Waals surface area contributed by atoms with Crippen LogP contribution in [0.3, 0.4) is 0 Å². The number of aliphatic hydroxyl groups is 1. The third-order valence-corrected chi connectivity index (χ3v) is 5.53. The van der Waals surface area contributed by atoms with E-state index in [4.69, 9.17) is 9.15 Å². The molecular weight excluding hydrogens is 462 g/mol. The molecule has 0 saturated carbocycles. The fourth-order valence-electron chi connectivity index (χ4n) is 3.62. The van der Waals surface area contributed by atoms with E-state index in [1.807, 2.05) is 6.92 Å². The Labute approximate surface area is 187 Å². The minimum absolute atomic E-state index is 0.0246. The molecule has 4 rings (SSSR count). The SMILES string of the molecule is CCOc1cccc(N2C(=O)C(=O)/C(=C(\O)c3ccc(Br)cc3)C2c2ccc(C)o2)c1. The normalized spacial score (nSPS) is 17.9. The van der Waals surface area contributed by atoms with Gasteiger partial charge in [0.2, 0.25) is 0 Å². The van der Waals surface area contributed by atoms with Crippen LogP contribution in [0.15, 0.2) is 75.1 Å². The molecule has 1 saturated heterocycles. The van der Waals surface area contributed by atoms with E-state index in [0.29, 0.717) is 35.1 Å². The van der Waals surface area contributed by atoms with E-state index in [1.54, 1.807) is 67.6 Å². The lowest BCUT2D eigenvalue weighted by atomic mass is 9.99. The van der Waals surface area contributed by atoms with Crippen LogP contribution in [-0.2, 0) is 9.59 Å². The van der Waals surface area contributed by atoms with Crippen molar-refractivity contribution in [2.75, 3.05) is 11.5 Å². The van der Waals surface area contributed by atoms with Crippen molar-refractivity contribution in [2.24, 2.45) is 0 Å². The summed E-state index contributed by atoms with van der Waals surface area (Å²) in [5, 5.41) is 11.0. The summed E-state index contributed by atoms with van der Waals surface area (Å²) in [5.74, 6) is -0.185. The number of benzene rings is 2. The Morgan fingerprint density at radius 1 is 1.13 bits per heavy atom. The van der Waals surface area contributed by atoms with Gasteiger partial charge in [0.1, 0.15) is 29.1 Å². The van der Waals surface area contributed by atoms with Crippen molar-refractivity contribution in [1.82, 2.24) is 0 Å². The summed E-state index contributed by atoms with van der Waals surface area (Å²) >= 11 is 3.36. The van der Waals surface area contributed by atoms with E-state index in [9.17, 15) is 14.7 Å². The second-order valence-electron chi connectivity index (χ2n) is 7.05. The molecule has 1 N–H and O–H groups in total. The number of aryl methyl sites for hydroxylation is 1. The van der Waals surface area contributed by atoms with E-state index < -0.39 is 17.7 Å². The van der Waals surface area contributed by atoms with Gasteiger partial charge in [0, 0.05) is 21.8 Å². The number of aliphatic hydroxyl groups excluding tert-OH is 1. The van der Waals surface area contributed by atoms with Crippen LogP contribution in [0.4, 0.5) is 5.69 Å². The fourth-order valence-corrected chi connectivity index (χ4v) is 3.89. The van der Waals surface area contributed by atoms with Crippen molar-refractivity contribution in [3.63, 3.8) is 0 Å². The third-order valence-electron chi connectivity index (χ3n) is 5.00. The zero-order valence-electron chi connectivity index (χ0n) is 17.0. The summed E-state index contributed by atoms with van der Waals surface area (Å²) in [6, 6.07) is 16.3. The van der Waals surface area contributed by atoms with Crippen molar-refractivity contribution >= 4 is 39.1 Å². The number of furan rings is 1. The van der Waals surface area contributed by atoms with Crippen molar-refractivity contribution in [1.29, 1.82) is 0 Å². The molecule has 0 aliphatic carbocycles. The molecule has 31 heavy (non-hydrogen) atoms. The predicted octanol–water partition coefficient (Wildman–Crippen LogP) is 5.38. The topological polar surface area (TPSA) is 80.0 Å². The molecule has 0 spiro atoms. The van der Waals surface area contributed by atoms with Gasteiger partial charge in [-0.15, -0.1) is 0 Å². The summed E-state index contributed by atoms with van der Waals surface area (Å²) in [6.45, 7) is 4.11. The standard InChI is InChI=1S/C24H20BrNO5/c1-3-30-18-6-4-5-17(13-18)26-21(19-12-7-14(2)31-19)20(23(28)24(26)29)22(27)15-8-10-16(25)11-9-15/h4-13,21,27H,3H2,1-2H3/b22-20-. The Morgan fingerprint density at radius 2 is 1.87 bits per heavy atom. The first-order valence-corrected chi connectivity index (χ1v) is 10.6. The van der Waals surface area contributed by atoms with E-state index in [2.05, 4.69) is 15.9 Å². The number of carbonyl (C=O) groups is 2. The molecule has 2 aromatic carbocycles. The largest absolute Gasteiger partial charge is 0.507 e. The first-order valence-electron chi connectivity index (χ1n) is 9.77. The first kappa shape index (κ1) is 20.9. The molecule has 1 aliphatic rings. The van der Waals surface area contributed by atoms with Crippen molar-refractivity contribution < 1.29 is 23.8 Å². The van der Waals surface area contributed by atoms with E-state index in [1.165, 1.54) is 4.90 Å². The van der Waals surface area contributed by atoms with Gasteiger partial charge in [-0.1, -0.05) is 34.1 Å². The maximum absolute atomic E-state index is 13.1. The minimum Gasteiger partial charge on any atom is -0.507 e. The molecule has 1 atom stereocenters. The highest BCUT2D eigenvalue weighted by atomic mass is 79.9. The Kier molecular flexibility index (Phi) is 5.69. The molecule has 0 radical (unpaired) electrons. The zero-order chi connectivity index (χ0) is 22.1. The highest BCUT2D eigenvalue weighted by molar-refractivity contribution is 9.10. The number of hydrogen-bond donors (Lipinski definition) is 1. The molecule has 7 heteroatoms. The smallest absolute Gasteiger partial charge is 0.300 e. The summed E-state index contributed by atoms with van der Waals surface area (Å²) < 4.78 is 12.2. The maximum Gasteiger partial charge on any atom is 0.300 e. The van der Waals surface area contributed by atoms with Gasteiger partial charge in [-0.2, -0.15) is 0 Å². The molecule has 2 heterocycles. The number of ether oxygens (including phenoxy) is 1. The Balaban J connectivity index is 1.90. The van der Waals surface area contributed by atoms with Crippen LogP contribution >= 0.6 is 15.9 Å². The van der Waals surface area contributed by atoms with Gasteiger partial charge in [0.05, 0.1) is 12.2 Å². The number of anilines is 1. The predicted molar refractivity (Wildman–Crippen MR) is 120 cm³/mol. The average molecular weight is 482 g/mol. The lowest BCUT2D eigenvalue weighted by Gasteiger charge is -2.24. The number of rotatable bonds is 5. The third kappa shape index (κ3) is 3.88. The first-order chi connectivity index (χ1) is 14.9. The maximum atomic E-state index is 13.1. The number of ketones is 1. The molecule has 158 valence electrons. The summed E-state index contributed by atoms with van der Waals surface area (Å²) in [6.07, 6.45) is 0. The minimum atomic E-state index is -0.908. The quantitative estimate of drug-likeness (QED) is 0.300.